The van der Waals surface area contributed by atoms with Crippen LogP contribution in [0.15, 0.2) is 30.3 Å². The number of nitrogens with one attached hydrogen (secondary N) is 1. The molecule has 98 valence electrons. The highest BCUT2D eigenvalue weighted by Gasteiger charge is 2.08. The molecule has 0 aliphatic carbocycles. The largest absolute Gasteiger partial charge is 0.337 e. The topological polar surface area (TPSA) is 52.5 Å². The van der Waals surface area contributed by atoms with Crippen LogP contribution in [0.5, 0.6) is 0 Å². The number of thiophene rings is 1. The third kappa shape index (κ3) is 2.36. The van der Waals surface area contributed by atoms with Crippen LogP contribution in [-0.2, 0) is 0 Å². The zero-order valence-electron chi connectivity index (χ0n) is 11.3. The SMILES string of the molecule is Cc1ccc2nc(/C(C#N)=C/c3ccc(C)s3)[nH]c2c1. The van der Waals surface area contributed by atoms with E-state index < -0.39 is 0 Å². The number of H-pyrrole nitrogens is 1. The number of nitriles is 1. The lowest BCUT2D eigenvalue weighted by atomic mass is 10.2. The van der Waals surface area contributed by atoms with Gasteiger partial charge in [-0.1, -0.05) is 6.07 Å². The second-order valence-electron chi connectivity index (χ2n) is 4.72. The number of aromatic amines is 1. The monoisotopic (exact) mass is 279 g/mol. The van der Waals surface area contributed by atoms with Crippen LogP contribution in [0.3, 0.4) is 0 Å². The van der Waals surface area contributed by atoms with E-state index in [0.717, 1.165) is 15.9 Å². The van der Waals surface area contributed by atoms with Gasteiger partial charge in [-0.25, -0.2) is 4.98 Å². The minimum Gasteiger partial charge on any atom is -0.337 e. The van der Waals surface area contributed by atoms with E-state index in [0.29, 0.717) is 11.4 Å². The van der Waals surface area contributed by atoms with E-state index in [4.69, 9.17) is 0 Å². The summed E-state index contributed by atoms with van der Waals surface area (Å²) in [6.45, 7) is 4.09. The van der Waals surface area contributed by atoms with E-state index in [1.54, 1.807) is 11.3 Å². The van der Waals surface area contributed by atoms with Gasteiger partial charge in [0.1, 0.15) is 11.9 Å². The maximum absolute atomic E-state index is 9.35. The fourth-order valence-electron chi connectivity index (χ4n) is 2.08. The Morgan fingerprint density at radius 2 is 2.15 bits per heavy atom. The summed E-state index contributed by atoms with van der Waals surface area (Å²) in [7, 11) is 0. The van der Waals surface area contributed by atoms with E-state index in [-0.39, 0.29) is 0 Å². The molecule has 3 aromatic rings. The normalized spacial score (nSPS) is 11.8. The Morgan fingerprint density at radius 3 is 2.85 bits per heavy atom. The van der Waals surface area contributed by atoms with Gasteiger partial charge in [-0.2, -0.15) is 5.26 Å². The molecule has 1 aromatic carbocycles. The van der Waals surface area contributed by atoms with Crippen LogP contribution in [0.4, 0.5) is 0 Å². The van der Waals surface area contributed by atoms with Crippen molar-refractivity contribution in [3.8, 4) is 6.07 Å². The molecule has 0 saturated heterocycles. The van der Waals surface area contributed by atoms with Crippen LogP contribution in [0.2, 0.25) is 0 Å². The van der Waals surface area contributed by atoms with Gasteiger partial charge in [0.25, 0.3) is 0 Å². The predicted octanol–water partition coefficient (Wildman–Crippen LogP) is 4.31. The molecule has 0 aliphatic rings. The van der Waals surface area contributed by atoms with Gasteiger partial charge in [0, 0.05) is 9.75 Å². The number of fused-ring (bicyclic) bond motifs is 1. The van der Waals surface area contributed by atoms with Crippen LogP contribution < -0.4 is 0 Å². The van der Waals surface area contributed by atoms with Crippen molar-refractivity contribution < 1.29 is 0 Å². The molecule has 0 radical (unpaired) electrons. The van der Waals surface area contributed by atoms with Crippen molar-refractivity contribution in [1.82, 2.24) is 9.97 Å². The molecule has 0 fully saturated rings. The number of hydrogen-bond donors (Lipinski definition) is 1. The minimum absolute atomic E-state index is 0.556. The molecular weight excluding hydrogens is 266 g/mol. The molecule has 0 saturated carbocycles. The van der Waals surface area contributed by atoms with Gasteiger partial charge >= 0.3 is 0 Å². The molecule has 0 unspecified atom stereocenters. The van der Waals surface area contributed by atoms with Gasteiger partial charge in [0.2, 0.25) is 0 Å². The van der Waals surface area contributed by atoms with E-state index >= 15 is 0 Å². The summed E-state index contributed by atoms with van der Waals surface area (Å²) in [5, 5.41) is 9.35. The second-order valence-corrected chi connectivity index (χ2v) is 6.04. The van der Waals surface area contributed by atoms with E-state index in [1.165, 1.54) is 10.4 Å². The number of aromatic nitrogens is 2. The van der Waals surface area contributed by atoms with Crippen molar-refractivity contribution >= 4 is 34.0 Å². The molecule has 3 rings (SSSR count). The van der Waals surface area contributed by atoms with Crippen LogP contribution in [-0.4, -0.2) is 9.97 Å². The fraction of sp³-hybridized carbons (Fsp3) is 0.125. The third-order valence-electron chi connectivity index (χ3n) is 3.06. The molecule has 20 heavy (non-hydrogen) atoms. The highest BCUT2D eigenvalue weighted by molar-refractivity contribution is 7.12. The first kappa shape index (κ1) is 12.6. The van der Waals surface area contributed by atoms with E-state index in [1.807, 2.05) is 43.3 Å². The van der Waals surface area contributed by atoms with Crippen molar-refractivity contribution in [3.63, 3.8) is 0 Å². The molecule has 0 spiro atoms. The number of allylic oxidation sites excluding steroid dienone is 1. The lowest BCUT2D eigenvalue weighted by Crippen LogP contribution is -1.83. The Morgan fingerprint density at radius 1 is 1.30 bits per heavy atom. The maximum atomic E-state index is 9.35. The summed E-state index contributed by atoms with van der Waals surface area (Å²) in [5.41, 5.74) is 3.57. The lowest BCUT2D eigenvalue weighted by Gasteiger charge is -1.91. The first-order chi connectivity index (χ1) is 9.65. The quantitative estimate of drug-likeness (QED) is 0.711. The van der Waals surface area contributed by atoms with Crippen molar-refractivity contribution in [2.75, 3.05) is 0 Å². The van der Waals surface area contributed by atoms with Crippen LogP contribution in [0, 0.1) is 25.2 Å². The summed E-state index contributed by atoms with van der Waals surface area (Å²) in [5.74, 6) is 0.624. The molecule has 1 N–H and O–H groups in total. The zero-order chi connectivity index (χ0) is 14.1. The first-order valence-electron chi connectivity index (χ1n) is 6.31. The van der Waals surface area contributed by atoms with E-state index in [2.05, 4.69) is 23.0 Å². The maximum Gasteiger partial charge on any atom is 0.149 e. The van der Waals surface area contributed by atoms with Gasteiger partial charge in [-0.3, -0.25) is 0 Å². The van der Waals surface area contributed by atoms with Gasteiger partial charge in [-0.05, 0) is 49.8 Å². The van der Waals surface area contributed by atoms with Crippen molar-refractivity contribution in [3.05, 3.63) is 51.5 Å². The second kappa shape index (κ2) is 4.95. The summed E-state index contributed by atoms with van der Waals surface area (Å²) in [6, 6.07) is 12.3. The van der Waals surface area contributed by atoms with Crippen molar-refractivity contribution in [2.24, 2.45) is 0 Å². The predicted molar refractivity (Wildman–Crippen MR) is 83.4 cm³/mol. The van der Waals surface area contributed by atoms with Crippen molar-refractivity contribution in [2.45, 2.75) is 13.8 Å². The van der Waals surface area contributed by atoms with Gasteiger partial charge < -0.3 is 4.98 Å². The van der Waals surface area contributed by atoms with Crippen LogP contribution in [0.1, 0.15) is 21.1 Å². The molecule has 0 aliphatic heterocycles. The third-order valence-corrected chi connectivity index (χ3v) is 4.01. The Bertz CT molecular complexity index is 846. The highest BCUT2D eigenvalue weighted by Crippen LogP contribution is 2.23. The molecule has 2 heterocycles. The number of nitrogens with zero attached hydrogens (tertiary/aromatic N) is 2. The minimum atomic E-state index is 0.556. The molecule has 0 atom stereocenters. The number of aryl methyl sites for hydroxylation is 2. The standard InChI is InChI=1S/C16H13N3S/c1-10-3-6-14-15(7-10)19-16(18-14)12(9-17)8-13-5-4-11(2)20-13/h3-8H,1-2H3,(H,18,19)/b12-8+. The number of hydrogen-bond acceptors (Lipinski definition) is 3. The first-order valence-corrected chi connectivity index (χ1v) is 7.12. The van der Waals surface area contributed by atoms with Gasteiger partial charge in [-0.15, -0.1) is 11.3 Å². The number of imidazole rings is 1. The van der Waals surface area contributed by atoms with Crippen LogP contribution >= 0.6 is 11.3 Å². The van der Waals surface area contributed by atoms with Crippen LogP contribution in [0.25, 0.3) is 22.7 Å². The molecule has 0 amide bonds. The highest BCUT2D eigenvalue weighted by atomic mass is 32.1. The average molecular weight is 279 g/mol. The Kier molecular flexibility index (Phi) is 3.13. The summed E-state index contributed by atoms with van der Waals surface area (Å²) >= 11 is 1.67. The molecule has 4 heteroatoms. The fourth-order valence-corrected chi connectivity index (χ4v) is 2.90. The zero-order valence-corrected chi connectivity index (χ0v) is 12.1. The molecule has 0 bridgehead atoms. The summed E-state index contributed by atoms with van der Waals surface area (Å²) in [4.78, 5) is 10.00. The number of rotatable bonds is 2. The summed E-state index contributed by atoms with van der Waals surface area (Å²) in [6.07, 6.45) is 1.88. The summed E-state index contributed by atoms with van der Waals surface area (Å²) < 4.78 is 0. The Labute approximate surface area is 121 Å². The van der Waals surface area contributed by atoms with Gasteiger partial charge in [0.05, 0.1) is 16.6 Å². The number of benzene rings is 1. The van der Waals surface area contributed by atoms with E-state index in [9.17, 15) is 5.26 Å². The molecular formula is C16H13N3S. The van der Waals surface area contributed by atoms with Gasteiger partial charge in [0.15, 0.2) is 0 Å². The smallest absolute Gasteiger partial charge is 0.149 e. The lowest BCUT2D eigenvalue weighted by molar-refractivity contribution is 1.27. The van der Waals surface area contributed by atoms with Crippen molar-refractivity contribution in [1.29, 1.82) is 5.26 Å². The Balaban J connectivity index is 2.07. The molecule has 2 aromatic heterocycles. The Hall–Kier alpha value is -2.38. The average Bonchev–Trinajstić information content (AvgIpc) is 3.01. The molecule has 3 nitrogen and oxygen atoms in total.